The van der Waals surface area contributed by atoms with Crippen molar-refractivity contribution < 1.29 is 18.0 Å². The van der Waals surface area contributed by atoms with E-state index in [-0.39, 0.29) is 23.4 Å². The van der Waals surface area contributed by atoms with E-state index in [0.29, 0.717) is 12.1 Å². The number of hydrogen-bond donors (Lipinski definition) is 1. The Morgan fingerprint density at radius 2 is 1.54 bits per heavy atom. The molecule has 41 heavy (non-hydrogen) atoms. The third kappa shape index (κ3) is 7.36. The first-order valence-corrected chi connectivity index (χ1v) is 15.8. The van der Waals surface area contributed by atoms with Gasteiger partial charge in [-0.3, -0.25) is 13.9 Å². The van der Waals surface area contributed by atoms with Crippen LogP contribution in [0.25, 0.3) is 0 Å². The average Bonchev–Trinajstić information content (AvgIpc) is 3.46. The molecule has 0 aliphatic heterocycles. The van der Waals surface area contributed by atoms with Crippen molar-refractivity contribution in [2.75, 3.05) is 10.8 Å². The average molecular weight is 576 g/mol. The van der Waals surface area contributed by atoms with Crippen LogP contribution in [0.5, 0.6) is 0 Å². The first kappa shape index (κ1) is 30.3. The largest absolute Gasteiger partial charge is 0.352 e. The molecule has 1 fully saturated rings. The summed E-state index contributed by atoms with van der Waals surface area (Å²) in [6.07, 6.45) is 4.44. The van der Waals surface area contributed by atoms with Crippen molar-refractivity contribution in [2.24, 2.45) is 0 Å². The lowest BCUT2D eigenvalue weighted by molar-refractivity contribution is -0.140. The van der Waals surface area contributed by atoms with E-state index in [1.165, 1.54) is 16.4 Å². The fraction of sp³-hybridized carbons (Fsp3) is 0.394. The highest BCUT2D eigenvalue weighted by Crippen LogP contribution is 2.28. The smallest absolute Gasteiger partial charge is 0.264 e. The minimum absolute atomic E-state index is 0.101. The molecule has 218 valence electrons. The molecule has 1 N–H and O–H groups in total. The first-order valence-electron chi connectivity index (χ1n) is 14.4. The molecule has 0 heterocycles. The van der Waals surface area contributed by atoms with Crippen LogP contribution in [-0.2, 0) is 26.2 Å². The summed E-state index contributed by atoms with van der Waals surface area (Å²) in [5.41, 5.74) is 4.14. The van der Waals surface area contributed by atoms with Crippen LogP contribution < -0.4 is 9.62 Å². The molecule has 0 spiro atoms. The molecule has 0 bridgehead atoms. The number of carbonyl (C=O) groups excluding carboxylic acids is 2. The Morgan fingerprint density at radius 3 is 2.15 bits per heavy atom. The molecular formula is C33H41N3O4S. The number of benzene rings is 3. The number of sulfonamides is 1. The molecule has 8 heteroatoms. The Bertz CT molecular complexity index is 1450. The van der Waals surface area contributed by atoms with Crippen molar-refractivity contribution in [3.8, 4) is 0 Å². The molecule has 0 unspecified atom stereocenters. The van der Waals surface area contributed by atoms with Crippen LogP contribution in [0.15, 0.2) is 77.7 Å². The molecule has 2 amide bonds. The predicted octanol–water partition coefficient (Wildman–Crippen LogP) is 5.67. The van der Waals surface area contributed by atoms with Gasteiger partial charge in [0.15, 0.2) is 0 Å². The zero-order valence-electron chi connectivity index (χ0n) is 24.5. The van der Waals surface area contributed by atoms with E-state index in [2.05, 4.69) is 5.32 Å². The number of nitrogens with one attached hydrogen (secondary N) is 1. The van der Waals surface area contributed by atoms with E-state index in [0.717, 1.165) is 47.9 Å². The molecule has 3 aromatic rings. The van der Waals surface area contributed by atoms with Gasteiger partial charge >= 0.3 is 0 Å². The predicted molar refractivity (Wildman–Crippen MR) is 163 cm³/mol. The van der Waals surface area contributed by atoms with Crippen LogP contribution in [0.3, 0.4) is 0 Å². The van der Waals surface area contributed by atoms with Crippen LogP contribution >= 0.6 is 0 Å². The van der Waals surface area contributed by atoms with Gasteiger partial charge in [-0.25, -0.2) is 8.42 Å². The number of amides is 2. The number of anilines is 1. The van der Waals surface area contributed by atoms with Gasteiger partial charge in [0, 0.05) is 12.6 Å². The minimum atomic E-state index is -4.08. The third-order valence-corrected chi connectivity index (χ3v) is 9.57. The number of carbonyl (C=O) groups is 2. The third-order valence-electron chi connectivity index (χ3n) is 7.79. The molecule has 7 nitrogen and oxygen atoms in total. The maximum atomic E-state index is 14.2. The lowest BCUT2D eigenvalue weighted by atomic mass is 10.1. The van der Waals surface area contributed by atoms with Crippen molar-refractivity contribution in [3.63, 3.8) is 0 Å². The van der Waals surface area contributed by atoms with Crippen LogP contribution in [0, 0.1) is 20.8 Å². The summed E-state index contributed by atoms with van der Waals surface area (Å²) in [6, 6.07) is 20.8. The molecule has 0 aromatic heterocycles. The second kappa shape index (κ2) is 13.3. The highest BCUT2D eigenvalue weighted by molar-refractivity contribution is 7.92. The Kier molecular flexibility index (Phi) is 9.86. The van der Waals surface area contributed by atoms with Crippen molar-refractivity contribution in [3.05, 3.63) is 95.1 Å². The van der Waals surface area contributed by atoms with E-state index < -0.39 is 28.5 Å². The van der Waals surface area contributed by atoms with E-state index in [1.54, 1.807) is 29.2 Å². The lowest BCUT2D eigenvalue weighted by Crippen LogP contribution is -2.53. The molecule has 0 radical (unpaired) electrons. The number of aryl methyl sites for hydroxylation is 3. The lowest BCUT2D eigenvalue weighted by Gasteiger charge is -2.34. The maximum absolute atomic E-state index is 14.2. The number of rotatable bonds is 11. The van der Waals surface area contributed by atoms with Crippen molar-refractivity contribution in [1.29, 1.82) is 0 Å². The van der Waals surface area contributed by atoms with Crippen molar-refractivity contribution in [2.45, 2.75) is 83.3 Å². The molecule has 1 saturated carbocycles. The molecule has 3 aromatic carbocycles. The van der Waals surface area contributed by atoms with Gasteiger partial charge in [-0.15, -0.1) is 0 Å². The van der Waals surface area contributed by atoms with Gasteiger partial charge < -0.3 is 10.2 Å². The van der Waals surface area contributed by atoms with Gasteiger partial charge in [-0.05, 0) is 69.4 Å². The monoisotopic (exact) mass is 575 g/mol. The molecule has 4 rings (SSSR count). The second-order valence-corrected chi connectivity index (χ2v) is 12.9. The van der Waals surface area contributed by atoms with Crippen LogP contribution in [0.4, 0.5) is 5.69 Å². The highest BCUT2D eigenvalue weighted by Gasteiger charge is 2.35. The van der Waals surface area contributed by atoms with Gasteiger partial charge in [0.05, 0.1) is 10.6 Å². The number of nitrogens with zero attached hydrogens (tertiary/aromatic N) is 2. The Hall–Kier alpha value is -3.65. The van der Waals surface area contributed by atoms with Gasteiger partial charge in [0.1, 0.15) is 12.6 Å². The van der Waals surface area contributed by atoms with E-state index in [4.69, 9.17) is 0 Å². The number of hydrogen-bond acceptors (Lipinski definition) is 4. The standard InChI is InChI=1S/C33H41N3O4S/c1-5-30(33(38)34-28-11-9-10-12-28)35(22-27-18-15-24(2)16-19-27)32(37)23-36(31-20-17-25(3)21-26(31)4)41(39,40)29-13-7-6-8-14-29/h6-8,13-21,28,30H,5,9-12,22-23H2,1-4H3,(H,34,38)/t30-/m0/s1. The van der Waals surface area contributed by atoms with Crippen molar-refractivity contribution >= 4 is 27.5 Å². The van der Waals surface area contributed by atoms with Gasteiger partial charge in [0.25, 0.3) is 10.0 Å². The summed E-state index contributed by atoms with van der Waals surface area (Å²) < 4.78 is 29.2. The van der Waals surface area contributed by atoms with Crippen molar-refractivity contribution in [1.82, 2.24) is 10.2 Å². The Morgan fingerprint density at radius 1 is 0.902 bits per heavy atom. The first-order chi connectivity index (χ1) is 19.6. The normalized spacial score (nSPS) is 14.4. The Labute approximate surface area is 244 Å². The minimum Gasteiger partial charge on any atom is -0.352 e. The summed E-state index contributed by atoms with van der Waals surface area (Å²) in [5.74, 6) is -0.623. The summed E-state index contributed by atoms with van der Waals surface area (Å²) in [7, 11) is -4.08. The Balaban J connectivity index is 1.72. The zero-order chi connectivity index (χ0) is 29.6. The SMILES string of the molecule is CC[C@@H](C(=O)NC1CCCC1)N(Cc1ccc(C)cc1)C(=O)CN(c1ccc(C)cc1C)S(=O)(=O)c1ccccc1. The second-order valence-electron chi connectivity index (χ2n) is 11.0. The fourth-order valence-corrected chi connectivity index (χ4v) is 7.00. The van der Waals surface area contributed by atoms with E-state index >= 15 is 0 Å². The molecular weight excluding hydrogens is 534 g/mol. The summed E-state index contributed by atoms with van der Waals surface area (Å²) in [4.78, 5) is 29.4. The fourth-order valence-electron chi connectivity index (χ4n) is 5.50. The zero-order valence-corrected chi connectivity index (χ0v) is 25.3. The molecule has 1 aliphatic carbocycles. The summed E-state index contributed by atoms with van der Waals surface area (Å²) in [6.45, 7) is 7.43. The maximum Gasteiger partial charge on any atom is 0.264 e. The van der Waals surface area contributed by atoms with Crippen LogP contribution in [0.1, 0.15) is 61.3 Å². The molecule has 0 saturated heterocycles. The van der Waals surface area contributed by atoms with Gasteiger partial charge in [-0.2, -0.15) is 0 Å². The van der Waals surface area contributed by atoms with E-state index in [9.17, 15) is 18.0 Å². The topological polar surface area (TPSA) is 86.8 Å². The van der Waals surface area contributed by atoms with Gasteiger partial charge in [-0.1, -0.05) is 85.5 Å². The summed E-state index contributed by atoms with van der Waals surface area (Å²) in [5, 5.41) is 3.15. The molecule has 1 aliphatic rings. The highest BCUT2D eigenvalue weighted by atomic mass is 32.2. The quantitative estimate of drug-likeness (QED) is 0.319. The van der Waals surface area contributed by atoms with Crippen LogP contribution in [-0.4, -0.2) is 43.8 Å². The summed E-state index contributed by atoms with van der Waals surface area (Å²) >= 11 is 0. The van der Waals surface area contributed by atoms with E-state index in [1.807, 2.05) is 64.1 Å². The van der Waals surface area contributed by atoms with Gasteiger partial charge in [0.2, 0.25) is 11.8 Å². The molecule has 1 atom stereocenters. The van der Waals surface area contributed by atoms with Crippen LogP contribution in [0.2, 0.25) is 0 Å².